The zero-order valence-electron chi connectivity index (χ0n) is 26.3. The molecule has 0 N–H and O–H groups in total. The van der Waals surface area contributed by atoms with E-state index in [2.05, 4.69) is 137 Å². The quantitative estimate of drug-likeness (QED) is 0.184. The highest BCUT2D eigenvalue weighted by atomic mass is 32.1. The van der Waals surface area contributed by atoms with E-state index < -0.39 is 0 Å². The lowest BCUT2D eigenvalue weighted by atomic mass is 10.0. The van der Waals surface area contributed by atoms with Crippen molar-refractivity contribution in [3.05, 3.63) is 145 Å². The second-order valence-corrected chi connectivity index (χ2v) is 14.9. The van der Waals surface area contributed by atoms with Crippen LogP contribution in [-0.2, 0) is 0 Å². The van der Waals surface area contributed by atoms with Crippen LogP contribution in [0.25, 0.3) is 95.3 Å². The van der Waals surface area contributed by atoms with Gasteiger partial charge in [0.25, 0.3) is 0 Å². The van der Waals surface area contributed by atoms with Crippen LogP contribution < -0.4 is 0 Å². The van der Waals surface area contributed by atoms with Gasteiger partial charge in [-0.05, 0) is 60.7 Å². The van der Waals surface area contributed by atoms with Crippen LogP contribution in [0, 0.1) is 22.7 Å². The molecule has 0 radical (unpaired) electrons. The Hall–Kier alpha value is -6.44. The molecule has 7 aromatic carbocycles. The monoisotopic (exact) mass is 670 g/mol. The van der Waals surface area contributed by atoms with Crippen LogP contribution in [0.2, 0.25) is 0 Å². The van der Waals surface area contributed by atoms with Gasteiger partial charge in [0.2, 0.25) is 0 Å². The smallest absolute Gasteiger partial charge is 0.103 e. The van der Waals surface area contributed by atoms with Gasteiger partial charge in [-0.2, -0.15) is 10.5 Å². The molecule has 0 spiro atoms. The molecule has 11 rings (SSSR count). The van der Waals surface area contributed by atoms with Crippen LogP contribution in [0.15, 0.2) is 133 Å². The number of rotatable bonds is 2. The van der Waals surface area contributed by atoms with Crippen molar-refractivity contribution in [2.75, 3.05) is 0 Å². The molecule has 0 bridgehead atoms. The molecule has 0 fully saturated rings. The molecule has 0 saturated heterocycles. The molecular weight excluding hydrogens is 649 g/mol. The van der Waals surface area contributed by atoms with Crippen molar-refractivity contribution in [1.82, 2.24) is 9.13 Å². The van der Waals surface area contributed by atoms with Crippen molar-refractivity contribution in [1.29, 1.82) is 10.5 Å². The Morgan fingerprint density at radius 2 is 0.900 bits per heavy atom. The summed E-state index contributed by atoms with van der Waals surface area (Å²) in [6, 6.07) is 51.9. The molecule has 50 heavy (non-hydrogen) atoms. The maximum Gasteiger partial charge on any atom is 0.103 e. The second-order valence-electron chi connectivity index (χ2n) is 12.7. The highest BCUT2D eigenvalue weighted by molar-refractivity contribution is 7.26. The number of aromatic nitrogens is 2. The average Bonchev–Trinajstić information content (AvgIpc) is 3.89. The van der Waals surface area contributed by atoms with E-state index in [1.54, 1.807) is 28.7 Å². The number of hydrogen-bond acceptors (Lipinski definition) is 4. The van der Waals surface area contributed by atoms with E-state index in [-0.39, 0.29) is 0 Å². The van der Waals surface area contributed by atoms with Crippen molar-refractivity contribution in [2.24, 2.45) is 0 Å². The third kappa shape index (κ3) is 3.56. The van der Waals surface area contributed by atoms with Crippen LogP contribution >= 0.6 is 22.7 Å². The number of para-hydroxylation sites is 2. The van der Waals surface area contributed by atoms with Crippen LogP contribution in [-0.4, -0.2) is 9.13 Å². The van der Waals surface area contributed by atoms with Crippen molar-refractivity contribution < 1.29 is 0 Å². The minimum absolute atomic E-state index is 0.354. The van der Waals surface area contributed by atoms with E-state index in [9.17, 15) is 10.5 Å². The maximum atomic E-state index is 10.9. The van der Waals surface area contributed by atoms with Crippen LogP contribution in [0.3, 0.4) is 0 Å². The first kappa shape index (κ1) is 27.5. The van der Waals surface area contributed by atoms with E-state index in [4.69, 9.17) is 0 Å². The average molecular weight is 671 g/mol. The molecule has 4 nitrogen and oxygen atoms in total. The molecule has 0 saturated carbocycles. The summed E-state index contributed by atoms with van der Waals surface area (Å²) >= 11 is 3.58. The predicted octanol–water partition coefficient (Wildman–Crippen LogP) is 12.4. The zero-order valence-corrected chi connectivity index (χ0v) is 27.9. The van der Waals surface area contributed by atoms with Gasteiger partial charge in [0.15, 0.2) is 0 Å². The largest absolute Gasteiger partial charge is 0.307 e. The van der Waals surface area contributed by atoms with Gasteiger partial charge in [0.1, 0.15) is 12.1 Å². The SMILES string of the molecule is N#Cc1ccc(-n2c3ccccc3c3cc4c(cc32)sc2ccccc24)c(-n2c3ccccc3c3cc4c(cc32)sc2ccccc24)c1C#N. The first-order valence-corrected chi connectivity index (χ1v) is 18.0. The van der Waals surface area contributed by atoms with Crippen molar-refractivity contribution in [2.45, 2.75) is 0 Å². The lowest BCUT2D eigenvalue weighted by Crippen LogP contribution is -2.07. The topological polar surface area (TPSA) is 57.4 Å². The van der Waals surface area contributed by atoms with E-state index in [0.717, 1.165) is 49.3 Å². The zero-order chi connectivity index (χ0) is 33.1. The lowest BCUT2D eigenvalue weighted by molar-refractivity contribution is 1.09. The molecule has 0 atom stereocenters. The number of benzene rings is 7. The maximum absolute atomic E-state index is 10.9. The summed E-state index contributed by atoms with van der Waals surface area (Å²) in [5, 5.41) is 30.7. The number of thiophene rings is 2. The summed E-state index contributed by atoms with van der Waals surface area (Å²) in [6.45, 7) is 0. The molecule has 11 aromatic rings. The van der Waals surface area contributed by atoms with Gasteiger partial charge < -0.3 is 9.13 Å². The van der Waals surface area contributed by atoms with Crippen molar-refractivity contribution in [3.8, 4) is 23.5 Å². The number of nitriles is 2. The first-order valence-electron chi connectivity index (χ1n) is 16.4. The van der Waals surface area contributed by atoms with Gasteiger partial charge in [-0.25, -0.2) is 0 Å². The molecular formula is C44H22N4S2. The number of hydrogen-bond donors (Lipinski definition) is 0. The Morgan fingerprint density at radius 3 is 1.46 bits per heavy atom. The fourth-order valence-electron chi connectivity index (χ4n) is 8.07. The second kappa shape index (κ2) is 10.0. The fraction of sp³-hybridized carbons (Fsp3) is 0. The van der Waals surface area contributed by atoms with Crippen LogP contribution in [0.5, 0.6) is 0 Å². The third-order valence-corrected chi connectivity index (χ3v) is 12.5. The molecule has 0 aliphatic heterocycles. The van der Waals surface area contributed by atoms with E-state index in [0.29, 0.717) is 16.8 Å². The molecule has 4 heterocycles. The van der Waals surface area contributed by atoms with Gasteiger partial charge in [-0.3, -0.25) is 0 Å². The minimum Gasteiger partial charge on any atom is -0.307 e. The molecule has 230 valence electrons. The molecule has 0 amide bonds. The predicted molar refractivity (Wildman–Crippen MR) is 210 cm³/mol. The minimum atomic E-state index is 0.354. The molecule has 0 aliphatic carbocycles. The van der Waals surface area contributed by atoms with Crippen molar-refractivity contribution >= 4 is 107 Å². The Balaban J connectivity index is 1.33. The first-order chi connectivity index (χ1) is 24.7. The van der Waals surface area contributed by atoms with E-state index in [1.807, 2.05) is 12.1 Å². The van der Waals surface area contributed by atoms with E-state index in [1.165, 1.54) is 40.3 Å². The Labute approximate surface area is 293 Å². The summed E-state index contributed by atoms with van der Waals surface area (Å²) in [5.74, 6) is 0. The number of fused-ring (bicyclic) bond motifs is 12. The summed E-state index contributed by atoms with van der Waals surface area (Å²) in [4.78, 5) is 0. The molecule has 0 unspecified atom stereocenters. The Kier molecular flexibility index (Phi) is 5.52. The standard InChI is InChI=1S/C44H22N4S2/c45-23-25-17-18-37(47-35-13-5-1-9-26(35)30-19-32-28-11-3-7-15-40(28)49-42(32)21-38(30)47)44(34(25)24-46)48-36-14-6-2-10-27(36)31-20-33-29-12-4-8-16-41(29)50-43(33)22-39(31)48/h1-22H. The van der Waals surface area contributed by atoms with Gasteiger partial charge in [0.05, 0.1) is 44.6 Å². The normalized spacial score (nSPS) is 12.0. The van der Waals surface area contributed by atoms with Crippen molar-refractivity contribution in [3.63, 3.8) is 0 Å². The Bertz CT molecular complexity index is 3360. The molecule has 6 heteroatoms. The molecule has 4 aromatic heterocycles. The summed E-state index contributed by atoms with van der Waals surface area (Å²) in [7, 11) is 0. The molecule has 0 aliphatic rings. The third-order valence-electron chi connectivity index (χ3n) is 10.2. The van der Waals surface area contributed by atoms with Gasteiger partial charge in [-0.1, -0.05) is 72.8 Å². The highest BCUT2D eigenvalue weighted by Gasteiger charge is 2.25. The lowest BCUT2D eigenvalue weighted by Gasteiger charge is -2.19. The van der Waals surface area contributed by atoms with Gasteiger partial charge in [-0.15, -0.1) is 22.7 Å². The summed E-state index contributed by atoms with van der Waals surface area (Å²) in [5.41, 5.74) is 6.38. The fourth-order valence-corrected chi connectivity index (χ4v) is 10.3. The summed E-state index contributed by atoms with van der Waals surface area (Å²) in [6.07, 6.45) is 0. The van der Waals surface area contributed by atoms with E-state index >= 15 is 0 Å². The van der Waals surface area contributed by atoms with Gasteiger partial charge >= 0.3 is 0 Å². The van der Waals surface area contributed by atoms with Gasteiger partial charge in [0, 0.05) is 61.9 Å². The summed E-state index contributed by atoms with van der Waals surface area (Å²) < 4.78 is 9.42. The number of nitrogens with zero attached hydrogens (tertiary/aromatic N) is 4. The Morgan fingerprint density at radius 1 is 0.400 bits per heavy atom. The van der Waals surface area contributed by atoms with Crippen LogP contribution in [0.4, 0.5) is 0 Å². The highest BCUT2D eigenvalue weighted by Crippen LogP contribution is 2.45. The van der Waals surface area contributed by atoms with Crippen LogP contribution in [0.1, 0.15) is 11.1 Å².